The maximum Gasteiger partial charge on any atom is 0.0714 e. The quantitative estimate of drug-likeness (QED) is 0.730. The number of nitrogens with zero attached hydrogens (tertiary/aromatic N) is 1. The highest BCUT2D eigenvalue weighted by Gasteiger charge is 2.16. The molecule has 1 fully saturated rings. The average molecular weight is 266 g/mol. The molecule has 0 radical (unpaired) electrons. The minimum Gasteiger partial charge on any atom is -0.302 e. The molecule has 1 saturated heterocycles. The van der Waals surface area contributed by atoms with Crippen LogP contribution in [0.2, 0.25) is 0 Å². The maximum absolute atomic E-state index is 6.61. The summed E-state index contributed by atoms with van der Waals surface area (Å²) in [6.07, 6.45) is 5.42. The molecule has 1 atom stereocenters. The molecule has 0 spiro atoms. The molecule has 0 bridgehead atoms. The highest BCUT2D eigenvalue weighted by Crippen LogP contribution is 2.26. The Bertz CT molecular complexity index is 381. The van der Waals surface area contributed by atoms with E-state index >= 15 is 0 Å². The Kier molecular flexibility index (Phi) is 5.08. The minimum absolute atomic E-state index is 0.128. The molecule has 1 nitrogen and oxygen atoms in total. The first kappa shape index (κ1) is 13.9. The summed E-state index contributed by atoms with van der Waals surface area (Å²) in [5, 5.41) is 0.128. The molecule has 0 aliphatic carbocycles. The van der Waals surface area contributed by atoms with Gasteiger partial charge in [0.05, 0.1) is 5.38 Å². The Morgan fingerprint density at radius 1 is 1.11 bits per heavy atom. The fourth-order valence-corrected chi connectivity index (χ4v) is 3.26. The summed E-state index contributed by atoms with van der Waals surface area (Å²) in [7, 11) is 0. The first-order valence-electron chi connectivity index (χ1n) is 7.10. The number of likely N-dealkylation sites (tertiary alicyclic amines) is 1. The Morgan fingerprint density at radius 3 is 2.39 bits per heavy atom. The largest absolute Gasteiger partial charge is 0.302 e. The van der Waals surface area contributed by atoms with Gasteiger partial charge in [0.1, 0.15) is 0 Å². The Labute approximate surface area is 116 Å². The van der Waals surface area contributed by atoms with E-state index in [2.05, 4.69) is 36.9 Å². The van der Waals surface area contributed by atoms with Crippen LogP contribution in [0.1, 0.15) is 47.8 Å². The lowest BCUT2D eigenvalue weighted by molar-refractivity contribution is 0.285. The third-order valence-corrected chi connectivity index (χ3v) is 4.25. The van der Waals surface area contributed by atoms with Crippen molar-refractivity contribution < 1.29 is 0 Å². The highest BCUT2D eigenvalue weighted by atomic mass is 35.5. The molecule has 2 rings (SSSR count). The fourth-order valence-electron chi connectivity index (χ4n) is 2.82. The lowest BCUT2D eigenvalue weighted by Gasteiger charge is -2.24. The van der Waals surface area contributed by atoms with Gasteiger partial charge in [-0.3, -0.25) is 0 Å². The normalized spacial score (nSPS) is 19.5. The molecule has 1 aliphatic rings. The summed E-state index contributed by atoms with van der Waals surface area (Å²) in [4.78, 5) is 2.53. The average Bonchev–Trinajstić information content (AvgIpc) is 2.57. The van der Waals surface area contributed by atoms with Gasteiger partial charge in [-0.15, -0.1) is 11.6 Å². The summed E-state index contributed by atoms with van der Waals surface area (Å²) in [5.41, 5.74) is 3.94. The van der Waals surface area contributed by atoms with Crippen molar-refractivity contribution in [2.24, 2.45) is 0 Å². The number of hydrogen-bond donors (Lipinski definition) is 0. The Balaban J connectivity index is 1.99. The van der Waals surface area contributed by atoms with Crippen LogP contribution in [-0.2, 0) is 0 Å². The summed E-state index contributed by atoms with van der Waals surface area (Å²) in [5.74, 6) is 0. The van der Waals surface area contributed by atoms with Crippen molar-refractivity contribution in [1.29, 1.82) is 0 Å². The van der Waals surface area contributed by atoms with Crippen LogP contribution in [-0.4, -0.2) is 24.5 Å². The maximum atomic E-state index is 6.61. The zero-order valence-electron chi connectivity index (χ0n) is 11.6. The van der Waals surface area contributed by atoms with Gasteiger partial charge in [0, 0.05) is 6.54 Å². The van der Waals surface area contributed by atoms with E-state index in [9.17, 15) is 0 Å². The molecule has 100 valence electrons. The number of benzene rings is 1. The molecule has 1 heterocycles. The number of halogens is 1. The van der Waals surface area contributed by atoms with Crippen molar-refractivity contribution in [1.82, 2.24) is 4.90 Å². The first-order chi connectivity index (χ1) is 8.66. The van der Waals surface area contributed by atoms with Crippen LogP contribution in [0.15, 0.2) is 18.2 Å². The summed E-state index contributed by atoms with van der Waals surface area (Å²) >= 11 is 6.61. The van der Waals surface area contributed by atoms with Gasteiger partial charge in [0.25, 0.3) is 0 Å². The molecule has 1 unspecified atom stereocenters. The molecule has 0 amide bonds. The molecule has 1 aromatic rings. The van der Waals surface area contributed by atoms with Crippen molar-refractivity contribution in [2.75, 3.05) is 19.6 Å². The predicted molar refractivity (Wildman–Crippen MR) is 79.4 cm³/mol. The first-order valence-corrected chi connectivity index (χ1v) is 7.54. The molecule has 2 heteroatoms. The third kappa shape index (κ3) is 3.73. The summed E-state index contributed by atoms with van der Waals surface area (Å²) in [6.45, 7) is 7.72. The fraction of sp³-hybridized carbons (Fsp3) is 0.625. The molecule has 1 aliphatic heterocycles. The van der Waals surface area contributed by atoms with E-state index in [0.29, 0.717) is 0 Å². The SMILES string of the molecule is Cc1ccc(C(Cl)CN2CCCCCC2)c(C)c1. The number of alkyl halides is 1. The smallest absolute Gasteiger partial charge is 0.0714 e. The van der Waals surface area contributed by atoms with Crippen molar-refractivity contribution >= 4 is 11.6 Å². The molecule has 0 aromatic heterocycles. The summed E-state index contributed by atoms with van der Waals surface area (Å²) in [6, 6.07) is 6.59. The van der Waals surface area contributed by atoms with Crippen molar-refractivity contribution in [3.05, 3.63) is 34.9 Å². The second-order valence-corrected chi connectivity index (χ2v) is 6.07. The predicted octanol–water partition coefficient (Wildman–Crippen LogP) is 4.46. The Hall–Kier alpha value is -0.530. The van der Waals surface area contributed by atoms with E-state index in [0.717, 1.165) is 6.54 Å². The van der Waals surface area contributed by atoms with E-state index in [4.69, 9.17) is 11.6 Å². The topological polar surface area (TPSA) is 3.24 Å². The standard InChI is InChI=1S/C16H24ClN/c1-13-7-8-15(14(2)11-13)16(17)12-18-9-5-3-4-6-10-18/h7-8,11,16H,3-6,9-10,12H2,1-2H3. The van der Waals surface area contributed by atoms with Crippen molar-refractivity contribution in [2.45, 2.75) is 44.9 Å². The van der Waals surface area contributed by atoms with E-state index in [1.165, 1.54) is 55.5 Å². The molecule has 1 aromatic carbocycles. The van der Waals surface area contributed by atoms with Gasteiger partial charge in [-0.25, -0.2) is 0 Å². The lowest BCUT2D eigenvalue weighted by atomic mass is 10.0. The third-order valence-electron chi connectivity index (χ3n) is 3.88. The summed E-state index contributed by atoms with van der Waals surface area (Å²) < 4.78 is 0. The van der Waals surface area contributed by atoms with Crippen LogP contribution < -0.4 is 0 Å². The van der Waals surface area contributed by atoms with Gasteiger partial charge in [-0.2, -0.15) is 0 Å². The van der Waals surface area contributed by atoms with Gasteiger partial charge < -0.3 is 4.90 Å². The number of aryl methyl sites for hydroxylation is 2. The van der Waals surface area contributed by atoms with Crippen LogP contribution in [0.25, 0.3) is 0 Å². The van der Waals surface area contributed by atoms with E-state index in [-0.39, 0.29) is 5.38 Å². The highest BCUT2D eigenvalue weighted by molar-refractivity contribution is 6.21. The molecule has 0 N–H and O–H groups in total. The van der Waals surface area contributed by atoms with Gasteiger partial charge in [-0.05, 0) is 50.9 Å². The molecular formula is C16H24ClN. The van der Waals surface area contributed by atoms with E-state index < -0.39 is 0 Å². The van der Waals surface area contributed by atoms with Crippen LogP contribution in [0.5, 0.6) is 0 Å². The zero-order chi connectivity index (χ0) is 13.0. The molecule has 18 heavy (non-hydrogen) atoms. The van der Waals surface area contributed by atoms with E-state index in [1.807, 2.05) is 0 Å². The molecular weight excluding hydrogens is 242 g/mol. The van der Waals surface area contributed by atoms with Gasteiger partial charge in [0.15, 0.2) is 0 Å². The molecule has 0 saturated carbocycles. The van der Waals surface area contributed by atoms with Gasteiger partial charge in [0.2, 0.25) is 0 Å². The zero-order valence-corrected chi connectivity index (χ0v) is 12.3. The van der Waals surface area contributed by atoms with Crippen LogP contribution in [0, 0.1) is 13.8 Å². The monoisotopic (exact) mass is 265 g/mol. The van der Waals surface area contributed by atoms with Crippen LogP contribution in [0.3, 0.4) is 0 Å². The second kappa shape index (κ2) is 6.58. The van der Waals surface area contributed by atoms with Crippen LogP contribution in [0.4, 0.5) is 0 Å². The van der Waals surface area contributed by atoms with Gasteiger partial charge in [-0.1, -0.05) is 36.6 Å². The number of rotatable bonds is 3. The minimum atomic E-state index is 0.128. The van der Waals surface area contributed by atoms with Crippen LogP contribution >= 0.6 is 11.6 Å². The number of hydrogen-bond acceptors (Lipinski definition) is 1. The Morgan fingerprint density at radius 2 is 1.78 bits per heavy atom. The lowest BCUT2D eigenvalue weighted by Crippen LogP contribution is -2.28. The van der Waals surface area contributed by atoms with Crippen molar-refractivity contribution in [3.8, 4) is 0 Å². The second-order valence-electron chi connectivity index (χ2n) is 5.54. The van der Waals surface area contributed by atoms with Crippen molar-refractivity contribution in [3.63, 3.8) is 0 Å². The van der Waals surface area contributed by atoms with Gasteiger partial charge >= 0.3 is 0 Å². The van der Waals surface area contributed by atoms with E-state index in [1.54, 1.807) is 0 Å².